The number of benzene rings is 1. The third-order valence-corrected chi connectivity index (χ3v) is 2.13. The second-order valence-corrected chi connectivity index (χ2v) is 3.56. The first-order valence-corrected chi connectivity index (χ1v) is 5.37. The highest BCUT2D eigenvalue weighted by molar-refractivity contribution is 5.82. The Balaban J connectivity index is 0.000000202. The topological polar surface area (TPSA) is 81.4 Å². The molecule has 0 bridgehead atoms. The molecule has 5 heteroatoms. The van der Waals surface area contributed by atoms with Gasteiger partial charge < -0.3 is 15.8 Å². The van der Waals surface area contributed by atoms with E-state index in [-0.39, 0.29) is 6.61 Å². The van der Waals surface area contributed by atoms with Crippen LogP contribution < -0.4 is 11.1 Å². The summed E-state index contributed by atoms with van der Waals surface area (Å²) in [5.41, 5.74) is 5.72. The van der Waals surface area contributed by atoms with Crippen molar-refractivity contribution in [3.8, 4) is 0 Å². The third kappa shape index (κ3) is 6.32. The molecule has 1 aliphatic rings. The number of amides is 1. The lowest BCUT2D eigenvalue weighted by Gasteiger charge is -1.99. The Kier molecular flexibility index (Phi) is 5.74. The van der Waals surface area contributed by atoms with Crippen molar-refractivity contribution in [3.05, 3.63) is 35.9 Å². The van der Waals surface area contributed by atoms with Crippen LogP contribution in [0.25, 0.3) is 0 Å². The zero-order valence-electron chi connectivity index (χ0n) is 9.52. The zero-order valence-corrected chi connectivity index (χ0v) is 9.52. The first-order chi connectivity index (χ1) is 8.18. The Morgan fingerprint density at radius 2 is 2.06 bits per heavy atom. The van der Waals surface area contributed by atoms with E-state index in [9.17, 15) is 9.59 Å². The molecule has 3 N–H and O–H groups in total. The van der Waals surface area contributed by atoms with Gasteiger partial charge in [-0.1, -0.05) is 30.3 Å². The fourth-order valence-electron chi connectivity index (χ4n) is 1.27. The Bertz CT molecular complexity index is 357. The quantitative estimate of drug-likeness (QED) is 0.797. The van der Waals surface area contributed by atoms with Crippen molar-refractivity contribution >= 4 is 11.9 Å². The van der Waals surface area contributed by atoms with E-state index in [0.717, 1.165) is 18.5 Å². The number of hydrogen-bond donors (Lipinski definition) is 2. The van der Waals surface area contributed by atoms with Crippen LogP contribution in [0.4, 0.5) is 4.79 Å². The molecule has 0 spiro atoms. The van der Waals surface area contributed by atoms with Crippen LogP contribution >= 0.6 is 0 Å². The SMILES string of the molecule is NC(=O)OCc1ccccc1.O=C1CCNC1. The van der Waals surface area contributed by atoms with Gasteiger partial charge in [0.25, 0.3) is 0 Å². The van der Waals surface area contributed by atoms with Gasteiger partial charge in [0.05, 0.1) is 6.54 Å². The smallest absolute Gasteiger partial charge is 0.404 e. The van der Waals surface area contributed by atoms with E-state index in [1.54, 1.807) is 0 Å². The Morgan fingerprint density at radius 3 is 2.47 bits per heavy atom. The molecule has 1 amide bonds. The summed E-state index contributed by atoms with van der Waals surface area (Å²) in [4.78, 5) is 20.4. The molecule has 0 aromatic heterocycles. The summed E-state index contributed by atoms with van der Waals surface area (Å²) >= 11 is 0. The average molecular weight is 236 g/mol. The molecular weight excluding hydrogens is 220 g/mol. The number of nitrogens with two attached hydrogens (primary N) is 1. The van der Waals surface area contributed by atoms with Gasteiger partial charge in [-0.05, 0) is 5.56 Å². The van der Waals surface area contributed by atoms with Gasteiger partial charge in [-0.25, -0.2) is 4.79 Å². The summed E-state index contributed by atoms with van der Waals surface area (Å²) in [6, 6.07) is 9.37. The molecule has 17 heavy (non-hydrogen) atoms. The lowest BCUT2D eigenvalue weighted by atomic mass is 10.2. The van der Waals surface area contributed by atoms with Crippen molar-refractivity contribution in [2.24, 2.45) is 5.73 Å². The monoisotopic (exact) mass is 236 g/mol. The van der Waals surface area contributed by atoms with Crippen LogP contribution in [-0.2, 0) is 16.1 Å². The normalized spacial score (nSPS) is 13.8. The fourth-order valence-corrected chi connectivity index (χ4v) is 1.27. The molecule has 1 saturated heterocycles. The number of primary amides is 1. The largest absolute Gasteiger partial charge is 0.445 e. The van der Waals surface area contributed by atoms with E-state index in [1.165, 1.54) is 0 Å². The van der Waals surface area contributed by atoms with Gasteiger partial charge in [-0.3, -0.25) is 4.79 Å². The lowest BCUT2D eigenvalue weighted by molar-refractivity contribution is -0.116. The van der Waals surface area contributed by atoms with Gasteiger partial charge in [0.15, 0.2) is 0 Å². The maximum absolute atomic E-state index is 10.2. The Morgan fingerprint density at radius 1 is 1.35 bits per heavy atom. The van der Waals surface area contributed by atoms with Gasteiger partial charge in [0, 0.05) is 13.0 Å². The summed E-state index contributed by atoms with van der Waals surface area (Å²) in [5.74, 6) is 0.343. The highest BCUT2D eigenvalue weighted by Crippen LogP contribution is 1.99. The first kappa shape index (κ1) is 13.2. The summed E-state index contributed by atoms with van der Waals surface area (Å²) in [6.07, 6.45) is -0.00569. The van der Waals surface area contributed by atoms with E-state index >= 15 is 0 Å². The minimum absolute atomic E-state index is 0.246. The minimum Gasteiger partial charge on any atom is -0.445 e. The predicted molar refractivity (Wildman–Crippen MR) is 63.3 cm³/mol. The average Bonchev–Trinajstić information content (AvgIpc) is 2.80. The van der Waals surface area contributed by atoms with E-state index in [0.29, 0.717) is 12.3 Å². The van der Waals surface area contributed by atoms with E-state index in [4.69, 9.17) is 5.73 Å². The first-order valence-electron chi connectivity index (χ1n) is 5.37. The van der Waals surface area contributed by atoms with Gasteiger partial charge >= 0.3 is 6.09 Å². The second-order valence-electron chi connectivity index (χ2n) is 3.56. The van der Waals surface area contributed by atoms with Crippen molar-refractivity contribution in [3.63, 3.8) is 0 Å². The van der Waals surface area contributed by atoms with Crippen LogP contribution in [0.1, 0.15) is 12.0 Å². The maximum atomic E-state index is 10.2. The fraction of sp³-hybridized carbons (Fsp3) is 0.333. The van der Waals surface area contributed by atoms with Crippen molar-refractivity contribution in [1.29, 1.82) is 0 Å². The van der Waals surface area contributed by atoms with Crippen molar-refractivity contribution in [2.75, 3.05) is 13.1 Å². The molecule has 1 heterocycles. The second kappa shape index (κ2) is 7.40. The number of ether oxygens (including phenoxy) is 1. The molecule has 1 fully saturated rings. The third-order valence-electron chi connectivity index (χ3n) is 2.13. The van der Waals surface area contributed by atoms with Gasteiger partial charge in [-0.15, -0.1) is 0 Å². The molecule has 0 atom stereocenters. The molecule has 1 aromatic rings. The van der Waals surface area contributed by atoms with Crippen molar-refractivity contribution in [2.45, 2.75) is 13.0 Å². The van der Waals surface area contributed by atoms with Gasteiger partial charge in [0.2, 0.25) is 0 Å². The van der Waals surface area contributed by atoms with E-state index in [2.05, 4.69) is 10.1 Å². The van der Waals surface area contributed by atoms with E-state index in [1.807, 2.05) is 30.3 Å². The minimum atomic E-state index is -0.742. The number of nitrogens with one attached hydrogen (secondary N) is 1. The summed E-state index contributed by atoms with van der Waals surface area (Å²) in [5, 5.41) is 2.92. The molecule has 0 unspecified atom stereocenters. The van der Waals surface area contributed by atoms with E-state index < -0.39 is 6.09 Å². The molecule has 1 aromatic carbocycles. The summed E-state index contributed by atoms with van der Waals surface area (Å²) in [7, 11) is 0. The molecule has 92 valence electrons. The molecular formula is C12H16N2O3. The molecule has 0 aliphatic carbocycles. The predicted octanol–water partition coefficient (Wildman–Crippen LogP) is 0.831. The number of ketones is 1. The molecule has 0 saturated carbocycles. The van der Waals surface area contributed by atoms with Crippen LogP contribution in [0, 0.1) is 0 Å². The lowest BCUT2D eigenvalue weighted by Crippen LogP contribution is -2.12. The number of Topliss-reactive ketones (excluding diaryl/α,β-unsaturated/α-hetero) is 1. The zero-order chi connectivity index (χ0) is 12.5. The molecule has 5 nitrogen and oxygen atoms in total. The standard InChI is InChI=1S/C8H9NO2.C4H7NO/c9-8(10)11-6-7-4-2-1-3-5-7;6-4-1-2-5-3-4/h1-5H,6H2,(H2,9,10);5H,1-3H2. The molecule has 0 radical (unpaired) electrons. The maximum Gasteiger partial charge on any atom is 0.404 e. The van der Waals surface area contributed by atoms with Crippen LogP contribution in [0.5, 0.6) is 0 Å². The van der Waals surface area contributed by atoms with Crippen molar-refractivity contribution in [1.82, 2.24) is 5.32 Å². The van der Waals surface area contributed by atoms with Crippen molar-refractivity contribution < 1.29 is 14.3 Å². The summed E-state index contributed by atoms with van der Waals surface area (Å²) in [6.45, 7) is 1.73. The van der Waals surface area contributed by atoms with Gasteiger partial charge in [-0.2, -0.15) is 0 Å². The summed E-state index contributed by atoms with van der Waals surface area (Å²) < 4.78 is 4.57. The number of carbonyl (C=O) groups is 2. The number of carbonyl (C=O) groups excluding carboxylic acids is 2. The van der Waals surface area contributed by atoms with Crippen LogP contribution in [0.2, 0.25) is 0 Å². The van der Waals surface area contributed by atoms with Crippen LogP contribution in [-0.4, -0.2) is 25.0 Å². The van der Waals surface area contributed by atoms with Crippen LogP contribution in [0.3, 0.4) is 0 Å². The Labute approximate surface area is 99.9 Å². The number of hydrogen-bond acceptors (Lipinski definition) is 4. The Hall–Kier alpha value is -1.88. The van der Waals surface area contributed by atoms with Gasteiger partial charge in [0.1, 0.15) is 12.4 Å². The number of rotatable bonds is 2. The highest BCUT2D eigenvalue weighted by Gasteiger charge is 2.06. The molecule has 2 rings (SSSR count). The molecule has 1 aliphatic heterocycles. The van der Waals surface area contributed by atoms with Crippen LogP contribution in [0.15, 0.2) is 30.3 Å². The highest BCUT2D eigenvalue weighted by atomic mass is 16.5.